The van der Waals surface area contributed by atoms with Gasteiger partial charge >= 0.3 is 0 Å². The fourth-order valence-corrected chi connectivity index (χ4v) is 2.20. The maximum Gasteiger partial charge on any atom is 0.242 e. The van der Waals surface area contributed by atoms with Crippen LogP contribution in [0.15, 0.2) is 0 Å². The summed E-state index contributed by atoms with van der Waals surface area (Å²) in [5.74, 6) is 0.0657. The van der Waals surface area contributed by atoms with Crippen LogP contribution in [0.3, 0.4) is 0 Å². The van der Waals surface area contributed by atoms with Crippen molar-refractivity contribution in [2.24, 2.45) is 5.73 Å². The monoisotopic (exact) mass is 214 g/mol. The first-order valence-electron chi connectivity index (χ1n) is 5.83. The van der Waals surface area contributed by atoms with E-state index in [4.69, 9.17) is 10.8 Å². The Bertz CT molecular complexity index is 213. The molecule has 4 nitrogen and oxygen atoms in total. The Labute approximate surface area is 91.4 Å². The van der Waals surface area contributed by atoms with E-state index in [2.05, 4.69) is 0 Å². The molecule has 0 spiro atoms. The summed E-state index contributed by atoms with van der Waals surface area (Å²) in [6, 6.07) is 0. The van der Waals surface area contributed by atoms with Crippen molar-refractivity contribution < 1.29 is 9.90 Å². The molecular weight excluding hydrogens is 192 g/mol. The normalized spacial score (nSPS) is 19.1. The van der Waals surface area contributed by atoms with Gasteiger partial charge in [-0.2, -0.15) is 0 Å². The van der Waals surface area contributed by atoms with Crippen molar-refractivity contribution in [1.29, 1.82) is 0 Å². The second kappa shape index (κ2) is 5.47. The number of nitrogens with zero attached hydrogens (tertiary/aromatic N) is 1. The van der Waals surface area contributed by atoms with E-state index in [-0.39, 0.29) is 12.5 Å². The zero-order chi connectivity index (χ0) is 11.3. The van der Waals surface area contributed by atoms with Gasteiger partial charge in [0.25, 0.3) is 0 Å². The number of aliphatic hydroxyl groups excluding tert-OH is 1. The average Bonchev–Trinajstić information content (AvgIpc) is 2.67. The highest BCUT2D eigenvalue weighted by Crippen LogP contribution is 2.28. The Hall–Kier alpha value is -0.610. The van der Waals surface area contributed by atoms with Gasteiger partial charge in [-0.1, -0.05) is 12.8 Å². The van der Waals surface area contributed by atoms with E-state index in [1.807, 2.05) is 6.92 Å². The lowest BCUT2D eigenvalue weighted by Gasteiger charge is -2.30. The number of amides is 1. The first kappa shape index (κ1) is 12.5. The highest BCUT2D eigenvalue weighted by molar-refractivity contribution is 5.86. The smallest absolute Gasteiger partial charge is 0.242 e. The molecular formula is C11H22N2O2. The molecule has 0 atom stereocenters. The molecule has 0 aromatic heterocycles. The van der Waals surface area contributed by atoms with Crippen LogP contribution in [0, 0.1) is 0 Å². The predicted octanol–water partition coefficient (Wildman–Crippen LogP) is 0.489. The summed E-state index contributed by atoms with van der Waals surface area (Å²) in [7, 11) is 0. The van der Waals surface area contributed by atoms with Crippen LogP contribution in [-0.4, -0.2) is 41.1 Å². The second-order valence-corrected chi connectivity index (χ2v) is 4.33. The van der Waals surface area contributed by atoms with E-state index in [1.54, 1.807) is 4.90 Å². The minimum Gasteiger partial charge on any atom is -0.396 e. The molecule has 1 saturated carbocycles. The third-order valence-corrected chi connectivity index (χ3v) is 3.18. The summed E-state index contributed by atoms with van der Waals surface area (Å²) in [5, 5.41) is 8.75. The van der Waals surface area contributed by atoms with Crippen LogP contribution in [-0.2, 0) is 4.79 Å². The van der Waals surface area contributed by atoms with Gasteiger partial charge in [0.15, 0.2) is 0 Å². The third-order valence-electron chi connectivity index (χ3n) is 3.18. The number of aliphatic hydroxyl groups is 1. The Morgan fingerprint density at radius 1 is 1.47 bits per heavy atom. The standard InChI is InChI=1S/C11H22N2O2/c1-2-13(8-5-9-14)10(15)11(12)6-3-4-7-11/h14H,2-9,12H2,1H3. The van der Waals surface area contributed by atoms with Gasteiger partial charge in [-0.15, -0.1) is 0 Å². The molecule has 3 N–H and O–H groups in total. The van der Waals surface area contributed by atoms with Crippen LogP contribution >= 0.6 is 0 Å². The summed E-state index contributed by atoms with van der Waals surface area (Å²) in [6.45, 7) is 3.37. The zero-order valence-electron chi connectivity index (χ0n) is 9.54. The summed E-state index contributed by atoms with van der Waals surface area (Å²) >= 11 is 0. The number of rotatable bonds is 5. The zero-order valence-corrected chi connectivity index (χ0v) is 9.54. The highest BCUT2D eigenvalue weighted by Gasteiger charge is 2.39. The van der Waals surface area contributed by atoms with Gasteiger partial charge in [0, 0.05) is 19.7 Å². The van der Waals surface area contributed by atoms with Crippen molar-refractivity contribution in [3.05, 3.63) is 0 Å². The van der Waals surface area contributed by atoms with E-state index in [1.165, 1.54) is 0 Å². The largest absolute Gasteiger partial charge is 0.396 e. The summed E-state index contributed by atoms with van der Waals surface area (Å²) < 4.78 is 0. The fourth-order valence-electron chi connectivity index (χ4n) is 2.20. The quantitative estimate of drug-likeness (QED) is 0.700. The Balaban J connectivity index is 2.55. The fraction of sp³-hybridized carbons (Fsp3) is 0.909. The molecule has 0 saturated heterocycles. The summed E-state index contributed by atoms with van der Waals surface area (Å²) in [6.07, 6.45) is 4.36. The average molecular weight is 214 g/mol. The van der Waals surface area contributed by atoms with Crippen molar-refractivity contribution in [3.8, 4) is 0 Å². The van der Waals surface area contributed by atoms with E-state index >= 15 is 0 Å². The Morgan fingerprint density at radius 2 is 2.07 bits per heavy atom. The van der Waals surface area contributed by atoms with Gasteiger partial charge in [0.05, 0.1) is 5.54 Å². The molecule has 0 aromatic rings. The van der Waals surface area contributed by atoms with Gasteiger partial charge in [-0.25, -0.2) is 0 Å². The lowest BCUT2D eigenvalue weighted by molar-refractivity contribution is -0.136. The molecule has 15 heavy (non-hydrogen) atoms. The van der Waals surface area contributed by atoms with E-state index in [9.17, 15) is 4.79 Å². The molecule has 0 aliphatic heterocycles. The van der Waals surface area contributed by atoms with Crippen molar-refractivity contribution >= 4 is 5.91 Å². The number of nitrogens with two attached hydrogens (primary N) is 1. The third kappa shape index (κ3) is 2.92. The van der Waals surface area contributed by atoms with Crippen molar-refractivity contribution in [3.63, 3.8) is 0 Å². The van der Waals surface area contributed by atoms with Gasteiger partial charge < -0.3 is 15.7 Å². The molecule has 1 rings (SSSR count). The van der Waals surface area contributed by atoms with Crippen LogP contribution in [0.1, 0.15) is 39.0 Å². The second-order valence-electron chi connectivity index (χ2n) is 4.33. The minimum absolute atomic E-state index is 0.0657. The summed E-state index contributed by atoms with van der Waals surface area (Å²) in [5.41, 5.74) is 5.48. The molecule has 1 aliphatic rings. The molecule has 0 heterocycles. The molecule has 4 heteroatoms. The van der Waals surface area contributed by atoms with Gasteiger partial charge in [0.2, 0.25) is 5.91 Å². The van der Waals surface area contributed by atoms with Crippen LogP contribution in [0.2, 0.25) is 0 Å². The predicted molar refractivity (Wildman–Crippen MR) is 59.3 cm³/mol. The van der Waals surface area contributed by atoms with Crippen LogP contribution in [0.25, 0.3) is 0 Å². The lowest BCUT2D eigenvalue weighted by atomic mass is 9.97. The number of hydrogen-bond donors (Lipinski definition) is 2. The van der Waals surface area contributed by atoms with Crippen molar-refractivity contribution in [2.45, 2.75) is 44.6 Å². The molecule has 1 aliphatic carbocycles. The van der Waals surface area contributed by atoms with E-state index < -0.39 is 5.54 Å². The Morgan fingerprint density at radius 3 is 2.53 bits per heavy atom. The van der Waals surface area contributed by atoms with Crippen LogP contribution < -0.4 is 5.73 Å². The number of likely N-dealkylation sites (N-methyl/N-ethyl adjacent to an activating group) is 1. The maximum atomic E-state index is 12.1. The van der Waals surface area contributed by atoms with Crippen molar-refractivity contribution in [1.82, 2.24) is 4.90 Å². The van der Waals surface area contributed by atoms with Gasteiger partial charge in [0.1, 0.15) is 0 Å². The molecule has 0 bridgehead atoms. The van der Waals surface area contributed by atoms with Gasteiger partial charge in [-0.05, 0) is 26.2 Å². The minimum atomic E-state index is -0.620. The molecule has 0 aromatic carbocycles. The van der Waals surface area contributed by atoms with E-state index in [0.29, 0.717) is 19.5 Å². The maximum absolute atomic E-state index is 12.1. The molecule has 1 amide bonds. The Kier molecular flexibility index (Phi) is 4.54. The first-order chi connectivity index (χ1) is 7.14. The molecule has 88 valence electrons. The summed E-state index contributed by atoms with van der Waals surface area (Å²) in [4.78, 5) is 13.9. The van der Waals surface area contributed by atoms with Gasteiger partial charge in [-0.3, -0.25) is 4.79 Å². The number of hydrogen-bond acceptors (Lipinski definition) is 3. The molecule has 0 unspecified atom stereocenters. The number of carbonyl (C=O) groups excluding carboxylic acids is 1. The highest BCUT2D eigenvalue weighted by atomic mass is 16.3. The van der Waals surface area contributed by atoms with E-state index in [0.717, 1.165) is 25.7 Å². The number of carbonyl (C=O) groups is 1. The van der Waals surface area contributed by atoms with Crippen LogP contribution in [0.5, 0.6) is 0 Å². The topological polar surface area (TPSA) is 66.6 Å². The molecule has 1 fully saturated rings. The lowest BCUT2D eigenvalue weighted by Crippen LogP contribution is -2.53. The first-order valence-corrected chi connectivity index (χ1v) is 5.83. The van der Waals surface area contributed by atoms with Crippen molar-refractivity contribution in [2.75, 3.05) is 19.7 Å². The molecule has 0 radical (unpaired) electrons. The SMILES string of the molecule is CCN(CCCO)C(=O)C1(N)CCCC1. The van der Waals surface area contributed by atoms with Crippen LogP contribution in [0.4, 0.5) is 0 Å².